The predicted molar refractivity (Wildman–Crippen MR) is 89.3 cm³/mol. The topological polar surface area (TPSA) is 120 Å². The molecule has 4 rings (SSSR count). The Labute approximate surface area is 151 Å². The van der Waals surface area contributed by atoms with Crippen LogP contribution in [0.25, 0.3) is 0 Å². The highest BCUT2D eigenvalue weighted by molar-refractivity contribution is 7.89. The third-order valence-electron chi connectivity index (χ3n) is 4.84. The second-order valence-corrected chi connectivity index (χ2v) is 8.77. The fourth-order valence-corrected chi connectivity index (χ4v) is 4.58. The Kier molecular flexibility index (Phi) is 4.06. The van der Waals surface area contributed by atoms with Gasteiger partial charge in [-0.05, 0) is 30.5 Å². The molecule has 1 saturated heterocycles. The molecule has 1 aromatic heterocycles. The predicted octanol–water partition coefficient (Wildman–Crippen LogP) is 1.30. The van der Waals surface area contributed by atoms with Crippen molar-refractivity contribution in [3.8, 4) is 6.07 Å². The Morgan fingerprint density at radius 3 is 2.73 bits per heavy atom. The van der Waals surface area contributed by atoms with Crippen molar-refractivity contribution in [1.29, 1.82) is 5.26 Å². The van der Waals surface area contributed by atoms with Crippen LogP contribution >= 0.6 is 0 Å². The van der Waals surface area contributed by atoms with Crippen LogP contribution in [-0.2, 0) is 22.0 Å². The Morgan fingerprint density at radius 1 is 1.35 bits per heavy atom. The SMILES string of the molecule is N#CCc1ccc(S(=O)(=O)N2CC[C@](O)(c3nc(C4CC4)no3)C2)cc1. The molecule has 1 aliphatic carbocycles. The van der Waals surface area contributed by atoms with E-state index in [1.807, 2.05) is 6.07 Å². The number of β-amino-alcohol motifs (C(OH)–C–C–N with tert-alkyl or cyclic N) is 1. The van der Waals surface area contributed by atoms with Gasteiger partial charge in [0.1, 0.15) is 0 Å². The lowest BCUT2D eigenvalue weighted by atomic mass is 10.0. The summed E-state index contributed by atoms with van der Waals surface area (Å²) in [4.78, 5) is 4.40. The highest BCUT2D eigenvalue weighted by Gasteiger charge is 2.47. The zero-order valence-corrected chi connectivity index (χ0v) is 14.8. The molecule has 136 valence electrons. The number of benzene rings is 1. The van der Waals surface area contributed by atoms with E-state index in [4.69, 9.17) is 9.78 Å². The van der Waals surface area contributed by atoms with E-state index in [2.05, 4.69) is 10.1 Å². The first kappa shape index (κ1) is 17.1. The number of hydrogen-bond acceptors (Lipinski definition) is 7. The van der Waals surface area contributed by atoms with Gasteiger partial charge in [0.05, 0.1) is 23.9 Å². The van der Waals surface area contributed by atoms with Crippen molar-refractivity contribution in [2.75, 3.05) is 13.1 Å². The first-order chi connectivity index (χ1) is 12.4. The van der Waals surface area contributed by atoms with Crippen molar-refractivity contribution in [2.45, 2.75) is 42.1 Å². The minimum Gasteiger partial charge on any atom is -0.379 e. The maximum atomic E-state index is 12.8. The average molecular weight is 374 g/mol. The van der Waals surface area contributed by atoms with E-state index in [1.165, 1.54) is 16.4 Å². The highest BCUT2D eigenvalue weighted by atomic mass is 32.2. The van der Waals surface area contributed by atoms with Crippen LogP contribution in [-0.4, -0.2) is 41.1 Å². The first-order valence-corrected chi connectivity index (χ1v) is 9.89. The highest BCUT2D eigenvalue weighted by Crippen LogP contribution is 2.40. The van der Waals surface area contributed by atoms with Crippen LogP contribution in [0.3, 0.4) is 0 Å². The van der Waals surface area contributed by atoms with Gasteiger partial charge in [-0.2, -0.15) is 14.6 Å². The lowest BCUT2D eigenvalue weighted by Crippen LogP contribution is -2.34. The Morgan fingerprint density at radius 2 is 2.08 bits per heavy atom. The van der Waals surface area contributed by atoms with Crippen molar-refractivity contribution in [3.63, 3.8) is 0 Å². The van der Waals surface area contributed by atoms with Gasteiger partial charge in [0.25, 0.3) is 5.89 Å². The van der Waals surface area contributed by atoms with Crippen molar-refractivity contribution in [2.24, 2.45) is 0 Å². The Balaban J connectivity index is 1.53. The summed E-state index contributed by atoms with van der Waals surface area (Å²) in [5.41, 5.74) is -0.712. The molecule has 1 N–H and O–H groups in total. The van der Waals surface area contributed by atoms with E-state index >= 15 is 0 Å². The molecular formula is C17H18N4O4S. The average Bonchev–Trinajstić information content (AvgIpc) is 3.19. The smallest absolute Gasteiger partial charge is 0.260 e. The van der Waals surface area contributed by atoms with Crippen LogP contribution < -0.4 is 0 Å². The summed E-state index contributed by atoms with van der Waals surface area (Å²) in [6.07, 6.45) is 2.45. The molecule has 9 heteroatoms. The molecule has 1 aliphatic heterocycles. The molecule has 0 radical (unpaired) electrons. The molecule has 2 fully saturated rings. The third-order valence-corrected chi connectivity index (χ3v) is 6.70. The van der Waals surface area contributed by atoms with Crippen LogP contribution in [0.15, 0.2) is 33.7 Å². The molecule has 1 atom stereocenters. The van der Waals surface area contributed by atoms with E-state index in [-0.39, 0.29) is 36.7 Å². The maximum absolute atomic E-state index is 12.8. The van der Waals surface area contributed by atoms with Crippen molar-refractivity contribution in [3.05, 3.63) is 41.5 Å². The summed E-state index contributed by atoms with van der Waals surface area (Å²) in [7, 11) is -3.75. The lowest BCUT2D eigenvalue weighted by molar-refractivity contribution is 0.0194. The summed E-state index contributed by atoms with van der Waals surface area (Å²) in [6.45, 7) is 0.0432. The van der Waals surface area contributed by atoms with Gasteiger partial charge < -0.3 is 9.63 Å². The molecule has 2 aromatic rings. The van der Waals surface area contributed by atoms with E-state index in [9.17, 15) is 13.5 Å². The molecule has 2 aliphatic rings. The third kappa shape index (κ3) is 3.00. The van der Waals surface area contributed by atoms with Gasteiger partial charge in [0, 0.05) is 18.9 Å². The number of nitriles is 1. The van der Waals surface area contributed by atoms with E-state index < -0.39 is 15.6 Å². The van der Waals surface area contributed by atoms with Gasteiger partial charge in [-0.1, -0.05) is 17.3 Å². The van der Waals surface area contributed by atoms with E-state index in [0.717, 1.165) is 18.4 Å². The molecular weight excluding hydrogens is 356 g/mol. The summed E-state index contributed by atoms with van der Waals surface area (Å²) < 4.78 is 32.1. The van der Waals surface area contributed by atoms with Crippen molar-refractivity contribution in [1.82, 2.24) is 14.4 Å². The van der Waals surface area contributed by atoms with Crippen LogP contribution in [0.1, 0.15) is 42.5 Å². The van der Waals surface area contributed by atoms with Gasteiger partial charge in [0.2, 0.25) is 10.0 Å². The summed E-state index contributed by atoms with van der Waals surface area (Å²) in [5.74, 6) is 0.966. The summed E-state index contributed by atoms with van der Waals surface area (Å²) >= 11 is 0. The summed E-state index contributed by atoms with van der Waals surface area (Å²) in [6, 6.07) is 8.24. The fourth-order valence-electron chi connectivity index (χ4n) is 3.09. The molecule has 0 unspecified atom stereocenters. The van der Waals surface area contributed by atoms with Crippen molar-refractivity contribution < 1.29 is 18.0 Å². The Bertz CT molecular complexity index is 959. The first-order valence-electron chi connectivity index (χ1n) is 8.45. The second kappa shape index (κ2) is 6.16. The number of aliphatic hydroxyl groups is 1. The maximum Gasteiger partial charge on any atom is 0.260 e. The molecule has 0 bridgehead atoms. The second-order valence-electron chi connectivity index (χ2n) is 6.83. The number of nitrogens with zero attached hydrogens (tertiary/aromatic N) is 4. The fraction of sp³-hybridized carbons (Fsp3) is 0.471. The largest absolute Gasteiger partial charge is 0.379 e. The summed E-state index contributed by atoms with van der Waals surface area (Å²) in [5, 5.41) is 23.4. The molecule has 0 spiro atoms. The lowest BCUT2D eigenvalue weighted by Gasteiger charge is -2.19. The van der Waals surface area contributed by atoms with Crippen molar-refractivity contribution >= 4 is 10.0 Å². The normalized spacial score (nSPS) is 23.8. The number of rotatable bonds is 5. The van der Waals surface area contributed by atoms with Gasteiger partial charge in [0.15, 0.2) is 11.4 Å². The Hall–Kier alpha value is -2.28. The number of sulfonamides is 1. The minimum atomic E-state index is -3.75. The molecule has 1 saturated carbocycles. The standard InChI is InChI=1S/C17H18N4O4S/c18-9-7-12-1-5-14(6-2-12)26(23,24)21-10-8-17(22,11-21)16-19-15(20-25-16)13-3-4-13/h1-2,5-6,13,22H,3-4,7-8,10-11H2/t17-/m1/s1. The van der Waals surface area contributed by atoms with Gasteiger partial charge in [-0.25, -0.2) is 8.42 Å². The minimum absolute atomic E-state index is 0.0847. The van der Waals surface area contributed by atoms with Crippen LogP contribution in [0, 0.1) is 11.3 Å². The molecule has 2 heterocycles. The van der Waals surface area contributed by atoms with Crippen LogP contribution in [0.2, 0.25) is 0 Å². The monoisotopic (exact) mass is 374 g/mol. The van der Waals surface area contributed by atoms with Crippen LogP contribution in [0.4, 0.5) is 0 Å². The quantitative estimate of drug-likeness (QED) is 0.837. The number of aromatic nitrogens is 2. The molecule has 26 heavy (non-hydrogen) atoms. The zero-order chi connectivity index (χ0) is 18.4. The van der Waals surface area contributed by atoms with Gasteiger partial charge in [-0.3, -0.25) is 0 Å². The number of hydrogen-bond donors (Lipinski definition) is 1. The van der Waals surface area contributed by atoms with Gasteiger partial charge in [-0.15, -0.1) is 0 Å². The van der Waals surface area contributed by atoms with Gasteiger partial charge >= 0.3 is 0 Å². The zero-order valence-electron chi connectivity index (χ0n) is 14.0. The molecule has 8 nitrogen and oxygen atoms in total. The van der Waals surface area contributed by atoms with E-state index in [0.29, 0.717) is 11.7 Å². The van der Waals surface area contributed by atoms with Crippen LogP contribution in [0.5, 0.6) is 0 Å². The van der Waals surface area contributed by atoms with E-state index in [1.54, 1.807) is 12.1 Å². The molecule has 1 aromatic carbocycles. The molecule has 0 amide bonds.